The van der Waals surface area contributed by atoms with E-state index in [1.807, 2.05) is 11.8 Å². The summed E-state index contributed by atoms with van der Waals surface area (Å²) in [4.78, 5) is 21.5. The fourth-order valence-electron chi connectivity index (χ4n) is 3.16. The van der Waals surface area contributed by atoms with E-state index in [2.05, 4.69) is 10.6 Å². The number of benzene rings is 1. The Labute approximate surface area is 183 Å². The molecule has 2 amide bonds. The number of urea groups is 1. The summed E-state index contributed by atoms with van der Waals surface area (Å²) in [7, 11) is 0. The molecule has 0 unspecified atom stereocenters. The van der Waals surface area contributed by atoms with Crippen LogP contribution in [-0.4, -0.2) is 57.0 Å². The molecule has 7 N–H and O–H groups in total. The van der Waals surface area contributed by atoms with Gasteiger partial charge in [0.1, 0.15) is 0 Å². The standard InChI is InChI=1S/C10H16N2O3S.C8H11NO2.Ti/c13-8(14)4-2-1-3-7-9-6(5-16-7)11-10(15)12-9;9-4-3-6-1-2-7(10)8(11)5-6;/h6-7,9H,1-5H2,(H,13,14)(H2,11,12,15);1-2,5,10-11H,3-4,9H2;/t6-,7-,9-;;/m0../s1. The van der Waals surface area contributed by atoms with Crippen LogP contribution in [0, 0.1) is 0 Å². The predicted molar refractivity (Wildman–Crippen MR) is 104 cm³/mol. The minimum Gasteiger partial charge on any atom is -0.504 e. The summed E-state index contributed by atoms with van der Waals surface area (Å²) < 4.78 is 0. The predicted octanol–water partition coefficient (Wildman–Crippen LogP) is 1.39. The molecule has 0 saturated carbocycles. The first-order valence-electron chi connectivity index (χ1n) is 9.02. The third-order valence-corrected chi connectivity index (χ3v) is 6.05. The Balaban J connectivity index is 0.000000289. The second kappa shape index (κ2) is 12.2. The Kier molecular flexibility index (Phi) is 10.7. The number of carboxylic acids is 1. The molecular formula is C18H27N3O5STi. The molecule has 154 valence electrons. The van der Waals surface area contributed by atoms with E-state index in [1.54, 1.807) is 6.07 Å². The fraction of sp³-hybridized carbons (Fsp3) is 0.556. The number of amides is 2. The first kappa shape index (κ1) is 24.6. The van der Waals surface area contributed by atoms with Crippen molar-refractivity contribution in [3.63, 3.8) is 0 Å². The molecule has 0 radical (unpaired) electrons. The van der Waals surface area contributed by atoms with Gasteiger partial charge in [0.05, 0.1) is 12.1 Å². The Morgan fingerprint density at radius 3 is 2.61 bits per heavy atom. The van der Waals surface area contributed by atoms with Crippen molar-refractivity contribution >= 4 is 23.8 Å². The number of rotatable bonds is 7. The number of carbonyl (C=O) groups is 2. The normalized spacial score (nSPS) is 22.2. The number of carboxylic acid groups (broad SMARTS) is 1. The summed E-state index contributed by atoms with van der Waals surface area (Å²) in [6.07, 6.45) is 3.60. The van der Waals surface area contributed by atoms with Crippen molar-refractivity contribution in [2.24, 2.45) is 5.73 Å². The summed E-state index contributed by atoms with van der Waals surface area (Å²) in [5.41, 5.74) is 6.24. The molecule has 28 heavy (non-hydrogen) atoms. The van der Waals surface area contributed by atoms with Gasteiger partial charge in [0.2, 0.25) is 0 Å². The third kappa shape index (κ3) is 7.54. The molecule has 3 rings (SSSR count). The van der Waals surface area contributed by atoms with Crippen molar-refractivity contribution in [3.05, 3.63) is 23.8 Å². The quantitative estimate of drug-likeness (QED) is 0.161. The SMILES string of the molecule is NCCc1ccc(O)c(O)c1.O=C(O)CCCC[C@@H]1SC[C@@H]2NC(=O)N[C@@H]21.[Ti]. The molecule has 2 aliphatic rings. The summed E-state index contributed by atoms with van der Waals surface area (Å²) in [5.74, 6) is 0.0574. The number of hydrogen-bond acceptors (Lipinski definition) is 6. The zero-order chi connectivity index (χ0) is 19.8. The van der Waals surface area contributed by atoms with Crippen LogP contribution in [0.1, 0.15) is 31.2 Å². The molecule has 10 heteroatoms. The summed E-state index contributed by atoms with van der Waals surface area (Å²) in [5, 5.41) is 32.7. The number of fused-ring (bicyclic) bond motifs is 1. The zero-order valence-electron chi connectivity index (χ0n) is 15.6. The van der Waals surface area contributed by atoms with Crippen LogP contribution >= 0.6 is 11.8 Å². The number of unbranched alkanes of at least 4 members (excludes halogenated alkanes) is 1. The van der Waals surface area contributed by atoms with Crippen LogP contribution in [-0.2, 0) is 32.9 Å². The zero-order valence-corrected chi connectivity index (χ0v) is 17.9. The largest absolute Gasteiger partial charge is 0.504 e. The molecule has 1 aromatic carbocycles. The molecule has 2 saturated heterocycles. The first-order valence-corrected chi connectivity index (χ1v) is 10.1. The average Bonchev–Trinajstić information content (AvgIpc) is 3.15. The van der Waals surface area contributed by atoms with E-state index in [-0.39, 0.29) is 57.8 Å². The van der Waals surface area contributed by atoms with Gasteiger partial charge in [-0.15, -0.1) is 0 Å². The Morgan fingerprint density at radius 2 is 1.96 bits per heavy atom. The van der Waals surface area contributed by atoms with Gasteiger partial charge in [-0.05, 0) is 43.5 Å². The number of phenolic OH excluding ortho intramolecular Hbond substituents is 2. The van der Waals surface area contributed by atoms with Gasteiger partial charge in [-0.25, -0.2) is 4.79 Å². The van der Waals surface area contributed by atoms with Crippen molar-refractivity contribution in [3.8, 4) is 11.5 Å². The minimum atomic E-state index is -0.729. The van der Waals surface area contributed by atoms with Crippen LogP contribution < -0.4 is 16.4 Å². The second-order valence-corrected chi connectivity index (χ2v) is 7.90. The van der Waals surface area contributed by atoms with Crippen LogP contribution in [0.15, 0.2) is 18.2 Å². The molecule has 2 heterocycles. The number of aromatic hydroxyl groups is 2. The van der Waals surface area contributed by atoms with Crippen LogP contribution in [0.2, 0.25) is 0 Å². The Hall–Kier alpha value is -1.42. The number of nitrogens with two attached hydrogens (primary N) is 1. The van der Waals surface area contributed by atoms with Gasteiger partial charge in [-0.2, -0.15) is 11.8 Å². The molecule has 0 aromatic heterocycles. The minimum absolute atomic E-state index is 0. The third-order valence-electron chi connectivity index (χ3n) is 4.54. The van der Waals surface area contributed by atoms with Gasteiger partial charge < -0.3 is 31.7 Å². The van der Waals surface area contributed by atoms with Gasteiger partial charge in [0.25, 0.3) is 0 Å². The monoisotopic (exact) mass is 445 g/mol. The van der Waals surface area contributed by atoms with Crippen LogP contribution in [0.5, 0.6) is 11.5 Å². The van der Waals surface area contributed by atoms with Crippen molar-refractivity contribution < 1.29 is 46.6 Å². The number of phenols is 2. The topological polar surface area (TPSA) is 145 Å². The second-order valence-electron chi connectivity index (χ2n) is 6.62. The molecule has 3 atom stereocenters. The van der Waals surface area contributed by atoms with E-state index in [1.165, 1.54) is 12.1 Å². The summed E-state index contributed by atoms with van der Waals surface area (Å²) in [6, 6.07) is 5.15. The smallest absolute Gasteiger partial charge is 0.315 e. The Bertz CT molecular complexity index is 664. The van der Waals surface area contributed by atoms with E-state index in [9.17, 15) is 9.59 Å². The molecule has 2 fully saturated rings. The molecule has 0 bridgehead atoms. The Morgan fingerprint density at radius 1 is 1.21 bits per heavy atom. The molecule has 0 aliphatic carbocycles. The van der Waals surface area contributed by atoms with E-state index in [0.717, 1.165) is 30.6 Å². The average molecular weight is 445 g/mol. The van der Waals surface area contributed by atoms with Gasteiger partial charge in [-0.1, -0.05) is 12.5 Å². The van der Waals surface area contributed by atoms with Crippen LogP contribution in [0.4, 0.5) is 4.79 Å². The number of aliphatic carboxylic acids is 1. The van der Waals surface area contributed by atoms with E-state index in [0.29, 0.717) is 18.2 Å². The van der Waals surface area contributed by atoms with Crippen molar-refractivity contribution in [1.29, 1.82) is 0 Å². The number of thioether (sulfide) groups is 1. The first-order chi connectivity index (χ1) is 12.9. The maximum Gasteiger partial charge on any atom is 0.315 e. The van der Waals surface area contributed by atoms with E-state index < -0.39 is 5.97 Å². The molecular weight excluding hydrogens is 418 g/mol. The number of carbonyl (C=O) groups excluding carboxylic acids is 1. The molecule has 8 nitrogen and oxygen atoms in total. The molecule has 2 aliphatic heterocycles. The maximum absolute atomic E-state index is 11.1. The number of hydrogen-bond donors (Lipinski definition) is 6. The summed E-state index contributed by atoms with van der Waals surface area (Å²) in [6.45, 7) is 0.546. The summed E-state index contributed by atoms with van der Waals surface area (Å²) >= 11 is 1.87. The molecule has 0 spiro atoms. The fourth-order valence-corrected chi connectivity index (χ4v) is 4.70. The van der Waals surface area contributed by atoms with Crippen LogP contribution in [0.3, 0.4) is 0 Å². The van der Waals surface area contributed by atoms with Gasteiger partial charge in [0, 0.05) is 39.1 Å². The van der Waals surface area contributed by atoms with Gasteiger partial charge in [0.15, 0.2) is 11.5 Å². The van der Waals surface area contributed by atoms with Gasteiger partial charge in [-0.3, -0.25) is 4.79 Å². The van der Waals surface area contributed by atoms with Crippen molar-refractivity contribution in [2.75, 3.05) is 12.3 Å². The van der Waals surface area contributed by atoms with Gasteiger partial charge >= 0.3 is 12.0 Å². The van der Waals surface area contributed by atoms with Crippen molar-refractivity contribution in [1.82, 2.24) is 10.6 Å². The van der Waals surface area contributed by atoms with Crippen molar-refractivity contribution in [2.45, 2.75) is 49.4 Å². The van der Waals surface area contributed by atoms with Crippen LogP contribution in [0.25, 0.3) is 0 Å². The number of nitrogens with one attached hydrogen (secondary N) is 2. The maximum atomic E-state index is 11.1. The molecule has 1 aromatic rings. The van der Waals surface area contributed by atoms with E-state index >= 15 is 0 Å². The van der Waals surface area contributed by atoms with E-state index in [4.69, 9.17) is 21.1 Å².